The molecule has 1 aromatic rings. The molecule has 112 valence electrons. The zero-order valence-electron chi connectivity index (χ0n) is 12.1. The Bertz CT molecular complexity index is 554. The summed E-state index contributed by atoms with van der Waals surface area (Å²) in [5, 5.41) is 19.1. The van der Waals surface area contributed by atoms with Gasteiger partial charge in [-0.2, -0.15) is 5.26 Å². The Balaban J connectivity index is 1.76. The number of halogens is 1. The average Bonchev–Trinajstić information content (AvgIpc) is 3.09. The number of hydrogen-bond donors (Lipinski definition) is 1. The highest BCUT2D eigenvalue weighted by molar-refractivity contribution is 5.35. The third-order valence-corrected chi connectivity index (χ3v) is 5.01. The SMILES string of the molecule is N#Cc1cccc(CN2CCCC2C2CCCC2O)c1F. The van der Waals surface area contributed by atoms with Gasteiger partial charge in [0.25, 0.3) is 0 Å². The summed E-state index contributed by atoms with van der Waals surface area (Å²) in [6, 6.07) is 7.27. The van der Waals surface area contributed by atoms with Gasteiger partial charge in [0, 0.05) is 24.1 Å². The first-order valence-electron chi connectivity index (χ1n) is 7.80. The van der Waals surface area contributed by atoms with Crippen molar-refractivity contribution in [2.24, 2.45) is 5.92 Å². The molecule has 21 heavy (non-hydrogen) atoms. The maximum atomic E-state index is 14.2. The van der Waals surface area contributed by atoms with Gasteiger partial charge in [0.05, 0.1) is 11.7 Å². The van der Waals surface area contributed by atoms with Crippen LogP contribution in [0.3, 0.4) is 0 Å². The summed E-state index contributed by atoms with van der Waals surface area (Å²) in [6.07, 6.45) is 5.05. The Morgan fingerprint density at radius 2 is 2.14 bits per heavy atom. The van der Waals surface area contributed by atoms with Crippen molar-refractivity contribution in [3.05, 3.63) is 35.1 Å². The van der Waals surface area contributed by atoms with Gasteiger partial charge in [0.2, 0.25) is 0 Å². The molecule has 0 aromatic heterocycles. The van der Waals surface area contributed by atoms with E-state index >= 15 is 0 Å². The van der Waals surface area contributed by atoms with E-state index in [1.54, 1.807) is 12.1 Å². The fourth-order valence-corrected chi connectivity index (χ4v) is 3.96. The van der Waals surface area contributed by atoms with Crippen molar-refractivity contribution in [1.82, 2.24) is 4.90 Å². The Morgan fingerprint density at radius 3 is 2.86 bits per heavy atom. The Morgan fingerprint density at radius 1 is 1.29 bits per heavy atom. The Hall–Kier alpha value is -1.44. The van der Waals surface area contributed by atoms with Crippen molar-refractivity contribution < 1.29 is 9.50 Å². The molecule has 1 aromatic carbocycles. The molecular weight excluding hydrogens is 267 g/mol. The van der Waals surface area contributed by atoms with E-state index < -0.39 is 5.82 Å². The lowest BCUT2D eigenvalue weighted by Gasteiger charge is -2.31. The summed E-state index contributed by atoms with van der Waals surface area (Å²) >= 11 is 0. The highest BCUT2D eigenvalue weighted by Crippen LogP contribution is 2.36. The molecule has 1 aliphatic carbocycles. The lowest BCUT2D eigenvalue weighted by molar-refractivity contribution is 0.0715. The smallest absolute Gasteiger partial charge is 0.145 e. The molecule has 1 heterocycles. The van der Waals surface area contributed by atoms with Gasteiger partial charge in [-0.1, -0.05) is 18.6 Å². The monoisotopic (exact) mass is 288 g/mol. The van der Waals surface area contributed by atoms with Crippen LogP contribution in [0.15, 0.2) is 18.2 Å². The number of likely N-dealkylation sites (tertiary alicyclic amines) is 1. The van der Waals surface area contributed by atoms with Gasteiger partial charge in [-0.25, -0.2) is 4.39 Å². The average molecular weight is 288 g/mol. The van der Waals surface area contributed by atoms with Gasteiger partial charge in [-0.15, -0.1) is 0 Å². The maximum Gasteiger partial charge on any atom is 0.145 e. The van der Waals surface area contributed by atoms with Crippen LogP contribution in [-0.2, 0) is 6.54 Å². The fourth-order valence-electron chi connectivity index (χ4n) is 3.96. The predicted molar refractivity (Wildman–Crippen MR) is 77.9 cm³/mol. The summed E-state index contributed by atoms with van der Waals surface area (Å²) in [4.78, 5) is 2.29. The normalized spacial score (nSPS) is 29.7. The highest BCUT2D eigenvalue weighted by Gasteiger charge is 2.38. The number of benzene rings is 1. The zero-order chi connectivity index (χ0) is 14.8. The van der Waals surface area contributed by atoms with Gasteiger partial charge in [0.15, 0.2) is 0 Å². The van der Waals surface area contributed by atoms with Gasteiger partial charge >= 0.3 is 0 Å². The minimum absolute atomic E-state index is 0.115. The second-order valence-electron chi connectivity index (χ2n) is 6.23. The molecule has 4 heteroatoms. The molecule has 2 fully saturated rings. The molecule has 2 aliphatic rings. The van der Waals surface area contributed by atoms with Crippen LogP contribution in [0, 0.1) is 23.1 Å². The number of nitriles is 1. The van der Waals surface area contributed by atoms with Crippen LogP contribution in [-0.4, -0.2) is 28.7 Å². The third kappa shape index (κ3) is 2.81. The van der Waals surface area contributed by atoms with Gasteiger partial charge in [-0.05, 0) is 38.3 Å². The van der Waals surface area contributed by atoms with E-state index in [-0.39, 0.29) is 11.7 Å². The summed E-state index contributed by atoms with van der Waals surface area (Å²) < 4.78 is 14.2. The lowest BCUT2D eigenvalue weighted by atomic mass is 9.93. The van der Waals surface area contributed by atoms with E-state index in [1.165, 1.54) is 6.07 Å². The van der Waals surface area contributed by atoms with Crippen molar-refractivity contribution >= 4 is 0 Å². The minimum atomic E-state index is -0.391. The van der Waals surface area contributed by atoms with E-state index in [9.17, 15) is 9.50 Å². The fraction of sp³-hybridized carbons (Fsp3) is 0.588. The van der Waals surface area contributed by atoms with Crippen molar-refractivity contribution in [2.45, 2.75) is 50.8 Å². The first-order chi connectivity index (χ1) is 10.2. The first-order valence-corrected chi connectivity index (χ1v) is 7.80. The standard InChI is InChI=1S/C17H21FN2O/c18-17-12(10-19)4-1-5-13(17)11-20-9-3-7-15(20)14-6-2-8-16(14)21/h1,4-5,14-16,21H,2-3,6-9,11H2. The number of aliphatic hydroxyl groups excluding tert-OH is 1. The van der Waals surface area contributed by atoms with Crippen molar-refractivity contribution in [3.63, 3.8) is 0 Å². The number of aliphatic hydroxyl groups is 1. The van der Waals surface area contributed by atoms with Gasteiger partial charge in [-0.3, -0.25) is 4.90 Å². The molecule has 3 rings (SSSR count). The summed E-state index contributed by atoms with van der Waals surface area (Å²) in [5.41, 5.74) is 0.706. The molecule has 1 N–H and O–H groups in total. The van der Waals surface area contributed by atoms with Gasteiger partial charge in [0.1, 0.15) is 11.9 Å². The summed E-state index contributed by atoms with van der Waals surface area (Å²) in [5.74, 6) is -0.0627. The highest BCUT2D eigenvalue weighted by atomic mass is 19.1. The van der Waals surface area contributed by atoms with Crippen LogP contribution in [0.5, 0.6) is 0 Å². The first kappa shape index (κ1) is 14.5. The van der Waals surface area contributed by atoms with Crippen LogP contribution in [0.1, 0.15) is 43.2 Å². The Kier molecular flexibility index (Phi) is 4.23. The molecule has 1 saturated heterocycles. The molecule has 0 radical (unpaired) electrons. The quantitative estimate of drug-likeness (QED) is 0.930. The van der Waals surface area contributed by atoms with Crippen LogP contribution in [0.25, 0.3) is 0 Å². The maximum absolute atomic E-state index is 14.2. The summed E-state index contributed by atoms with van der Waals surface area (Å²) in [7, 11) is 0. The van der Waals surface area contributed by atoms with E-state index in [0.717, 1.165) is 38.6 Å². The minimum Gasteiger partial charge on any atom is -0.393 e. The molecule has 1 saturated carbocycles. The second-order valence-corrected chi connectivity index (χ2v) is 6.23. The van der Waals surface area contributed by atoms with Gasteiger partial charge < -0.3 is 5.11 Å². The van der Waals surface area contributed by atoms with Crippen molar-refractivity contribution in [1.29, 1.82) is 5.26 Å². The van der Waals surface area contributed by atoms with E-state index in [0.29, 0.717) is 24.1 Å². The van der Waals surface area contributed by atoms with Crippen molar-refractivity contribution in [2.75, 3.05) is 6.54 Å². The summed E-state index contributed by atoms with van der Waals surface area (Å²) in [6.45, 7) is 1.49. The largest absolute Gasteiger partial charge is 0.393 e. The molecule has 3 unspecified atom stereocenters. The molecule has 0 amide bonds. The molecule has 1 aliphatic heterocycles. The second kappa shape index (κ2) is 6.13. The van der Waals surface area contributed by atoms with E-state index in [2.05, 4.69) is 4.90 Å². The number of rotatable bonds is 3. The Labute approximate surface area is 125 Å². The van der Waals surface area contributed by atoms with E-state index in [4.69, 9.17) is 5.26 Å². The van der Waals surface area contributed by atoms with Crippen LogP contribution < -0.4 is 0 Å². The molecular formula is C17H21FN2O. The predicted octanol–water partition coefficient (Wildman–Crippen LogP) is 2.82. The molecule has 0 bridgehead atoms. The zero-order valence-corrected chi connectivity index (χ0v) is 12.1. The molecule has 0 spiro atoms. The molecule has 3 nitrogen and oxygen atoms in total. The van der Waals surface area contributed by atoms with Crippen LogP contribution in [0.4, 0.5) is 4.39 Å². The van der Waals surface area contributed by atoms with Crippen LogP contribution >= 0.6 is 0 Å². The number of nitrogens with zero attached hydrogens (tertiary/aromatic N) is 2. The van der Waals surface area contributed by atoms with E-state index in [1.807, 2.05) is 6.07 Å². The lowest BCUT2D eigenvalue weighted by Crippen LogP contribution is -2.38. The van der Waals surface area contributed by atoms with Crippen molar-refractivity contribution in [3.8, 4) is 6.07 Å². The van der Waals surface area contributed by atoms with Crippen LogP contribution in [0.2, 0.25) is 0 Å². The number of hydrogen-bond acceptors (Lipinski definition) is 3. The third-order valence-electron chi connectivity index (χ3n) is 5.01. The molecule has 3 atom stereocenters. The topological polar surface area (TPSA) is 47.3 Å².